The highest BCUT2D eigenvalue weighted by atomic mass is 32.1. The Balaban J connectivity index is 2.12. The fourth-order valence-corrected chi connectivity index (χ4v) is 4.08. The van der Waals surface area contributed by atoms with Gasteiger partial charge >= 0.3 is 0 Å². The van der Waals surface area contributed by atoms with Crippen molar-refractivity contribution < 1.29 is 14.2 Å². The summed E-state index contributed by atoms with van der Waals surface area (Å²) in [5.41, 5.74) is 6.70. The van der Waals surface area contributed by atoms with Crippen LogP contribution in [-0.4, -0.2) is 39.3 Å². The van der Waals surface area contributed by atoms with E-state index in [1.807, 2.05) is 16.8 Å². The van der Waals surface area contributed by atoms with Gasteiger partial charge in [0.15, 0.2) is 11.5 Å². The van der Waals surface area contributed by atoms with Crippen molar-refractivity contribution in [3.63, 3.8) is 0 Å². The molecule has 0 saturated heterocycles. The van der Waals surface area contributed by atoms with E-state index in [0.717, 1.165) is 21.6 Å². The summed E-state index contributed by atoms with van der Waals surface area (Å²) in [7, 11) is 6.55. The molecule has 0 unspecified atom stereocenters. The maximum atomic E-state index is 5.44. The van der Waals surface area contributed by atoms with Gasteiger partial charge in [-0.25, -0.2) is 4.68 Å². The van der Waals surface area contributed by atoms with Crippen LogP contribution >= 0.6 is 11.3 Å². The lowest BCUT2D eigenvalue weighted by molar-refractivity contribution is 0.324. The average Bonchev–Trinajstić information content (AvgIpc) is 3.16. The Hall–Kier alpha value is -3.06. The Morgan fingerprint density at radius 1 is 0.867 bits per heavy atom. The van der Waals surface area contributed by atoms with Crippen LogP contribution in [0.5, 0.6) is 17.2 Å². The van der Waals surface area contributed by atoms with Gasteiger partial charge in [0.05, 0.1) is 33.2 Å². The second kappa shape index (κ2) is 9.17. The zero-order valence-corrected chi connectivity index (χ0v) is 19.3. The molecule has 0 aliphatic carbocycles. The fraction of sp³-hybridized carbons (Fsp3) is 0.304. The van der Waals surface area contributed by atoms with E-state index in [1.165, 1.54) is 16.7 Å². The Bertz CT molecular complexity index is 1130. The largest absolute Gasteiger partial charge is 0.493 e. The zero-order chi connectivity index (χ0) is 21.8. The normalized spacial score (nSPS) is 11.9. The van der Waals surface area contributed by atoms with Crippen LogP contribution in [0.3, 0.4) is 0 Å². The number of hydrogen-bond donors (Lipinski definition) is 0. The van der Waals surface area contributed by atoms with Crippen molar-refractivity contribution >= 4 is 17.6 Å². The number of aryl methyl sites for hydroxylation is 3. The molecule has 0 atom stereocenters. The van der Waals surface area contributed by atoms with Crippen molar-refractivity contribution in [1.29, 1.82) is 0 Å². The summed E-state index contributed by atoms with van der Waals surface area (Å²) in [6.45, 7) is 6.37. The summed E-state index contributed by atoms with van der Waals surface area (Å²) in [5.74, 6) is 1.72. The van der Waals surface area contributed by atoms with Crippen molar-refractivity contribution in [3.8, 4) is 28.5 Å². The predicted molar refractivity (Wildman–Crippen MR) is 123 cm³/mol. The highest BCUT2D eigenvalue weighted by Crippen LogP contribution is 2.37. The van der Waals surface area contributed by atoms with Crippen LogP contribution in [0, 0.1) is 20.8 Å². The van der Waals surface area contributed by atoms with E-state index < -0.39 is 0 Å². The smallest absolute Gasteiger partial charge is 0.205 e. The highest BCUT2D eigenvalue weighted by Gasteiger charge is 2.14. The second-order valence-corrected chi connectivity index (χ2v) is 7.73. The summed E-state index contributed by atoms with van der Waals surface area (Å²) in [5, 5.41) is 6.83. The van der Waals surface area contributed by atoms with E-state index in [-0.39, 0.29) is 0 Å². The molecule has 3 rings (SSSR count). The van der Waals surface area contributed by atoms with E-state index >= 15 is 0 Å². The van der Waals surface area contributed by atoms with Gasteiger partial charge in [0, 0.05) is 23.6 Å². The van der Waals surface area contributed by atoms with Crippen LogP contribution in [0.4, 0.5) is 0 Å². The van der Waals surface area contributed by atoms with Gasteiger partial charge in [-0.2, -0.15) is 5.10 Å². The summed E-state index contributed by atoms with van der Waals surface area (Å²) < 4.78 is 18.2. The summed E-state index contributed by atoms with van der Waals surface area (Å²) in [4.78, 5) is 5.20. The van der Waals surface area contributed by atoms with Crippen LogP contribution in [0.1, 0.15) is 22.3 Å². The molecule has 0 radical (unpaired) electrons. The van der Waals surface area contributed by atoms with Gasteiger partial charge in [0.2, 0.25) is 10.6 Å². The molecule has 3 aromatic rings. The minimum absolute atomic E-state index is 0.552. The molecular formula is C23H27N3O3S. The lowest BCUT2D eigenvalue weighted by Crippen LogP contribution is -2.12. The van der Waals surface area contributed by atoms with Crippen LogP contribution in [0.15, 0.2) is 39.7 Å². The van der Waals surface area contributed by atoms with Gasteiger partial charge < -0.3 is 14.2 Å². The lowest BCUT2D eigenvalue weighted by Gasteiger charge is -2.13. The quantitative estimate of drug-likeness (QED) is 0.543. The second-order valence-electron chi connectivity index (χ2n) is 6.89. The zero-order valence-electron chi connectivity index (χ0n) is 18.4. The molecule has 0 amide bonds. The number of thiazole rings is 1. The minimum Gasteiger partial charge on any atom is -0.493 e. The van der Waals surface area contributed by atoms with Crippen LogP contribution in [0.25, 0.3) is 11.3 Å². The first kappa shape index (κ1) is 21.6. The number of ether oxygens (including phenoxy) is 3. The first-order valence-corrected chi connectivity index (χ1v) is 10.4. The van der Waals surface area contributed by atoms with E-state index in [2.05, 4.69) is 43.3 Å². The molecule has 0 saturated carbocycles. The average molecular weight is 426 g/mol. The third-order valence-corrected chi connectivity index (χ3v) is 5.91. The highest BCUT2D eigenvalue weighted by molar-refractivity contribution is 7.07. The molecule has 0 bridgehead atoms. The summed E-state index contributed by atoms with van der Waals surface area (Å²) >= 11 is 1.56. The number of benzene rings is 2. The molecule has 0 N–H and O–H groups in total. The molecule has 0 fully saturated rings. The standard InChI is InChI=1S/C23H27N3O3S/c1-14-8-16(3)18(9-15(14)2)19-13-30-23(24-4)26(19)25-12-17-10-20(27-5)22(29-7)21(11-17)28-6/h8-13H,1-7H3/b24-23?,25-12-. The van der Waals surface area contributed by atoms with E-state index in [9.17, 15) is 0 Å². The summed E-state index contributed by atoms with van der Waals surface area (Å²) in [6.07, 6.45) is 1.77. The molecule has 0 spiro atoms. The van der Waals surface area contributed by atoms with Gasteiger partial charge in [-0.05, 0) is 55.7 Å². The van der Waals surface area contributed by atoms with E-state index in [0.29, 0.717) is 17.2 Å². The van der Waals surface area contributed by atoms with E-state index in [1.54, 1.807) is 45.9 Å². The van der Waals surface area contributed by atoms with Crippen molar-refractivity contribution in [2.24, 2.45) is 10.1 Å². The van der Waals surface area contributed by atoms with Gasteiger partial charge in [0.25, 0.3) is 0 Å². The fourth-order valence-electron chi connectivity index (χ4n) is 3.28. The first-order valence-electron chi connectivity index (χ1n) is 9.49. The van der Waals surface area contributed by atoms with Gasteiger partial charge in [-0.15, -0.1) is 11.3 Å². The first-order chi connectivity index (χ1) is 14.4. The Morgan fingerprint density at radius 3 is 2.07 bits per heavy atom. The third-order valence-electron chi connectivity index (χ3n) is 5.00. The molecule has 0 aliphatic heterocycles. The van der Waals surface area contributed by atoms with Crippen LogP contribution in [-0.2, 0) is 0 Å². The molecule has 7 heteroatoms. The number of methoxy groups -OCH3 is 3. The topological polar surface area (TPSA) is 57.3 Å². The van der Waals surface area contributed by atoms with Crippen molar-refractivity contribution in [3.05, 3.63) is 56.7 Å². The van der Waals surface area contributed by atoms with Gasteiger partial charge in [0.1, 0.15) is 0 Å². The van der Waals surface area contributed by atoms with Crippen molar-refractivity contribution in [2.75, 3.05) is 28.4 Å². The molecule has 1 aromatic heterocycles. The molecule has 1 heterocycles. The monoisotopic (exact) mass is 425 g/mol. The predicted octanol–water partition coefficient (Wildman–Crippen LogP) is 4.58. The van der Waals surface area contributed by atoms with E-state index in [4.69, 9.17) is 19.3 Å². The summed E-state index contributed by atoms with van der Waals surface area (Å²) in [6, 6.07) is 8.14. The molecule has 6 nitrogen and oxygen atoms in total. The molecule has 2 aromatic carbocycles. The van der Waals surface area contributed by atoms with Crippen molar-refractivity contribution in [1.82, 2.24) is 4.68 Å². The lowest BCUT2D eigenvalue weighted by atomic mass is 9.99. The Kier molecular flexibility index (Phi) is 6.62. The SMILES string of the molecule is CN=c1scc(-c2cc(C)c(C)cc2C)n1/N=C\c1cc(OC)c(OC)c(OC)c1. The Labute approximate surface area is 181 Å². The van der Waals surface area contributed by atoms with Crippen LogP contribution in [0.2, 0.25) is 0 Å². The maximum Gasteiger partial charge on any atom is 0.205 e. The molecule has 30 heavy (non-hydrogen) atoms. The number of hydrogen-bond acceptors (Lipinski definition) is 6. The number of rotatable bonds is 6. The van der Waals surface area contributed by atoms with Crippen LogP contribution < -0.4 is 19.0 Å². The van der Waals surface area contributed by atoms with Gasteiger partial charge in [-0.3, -0.25) is 4.99 Å². The van der Waals surface area contributed by atoms with Crippen molar-refractivity contribution in [2.45, 2.75) is 20.8 Å². The molecular weight excluding hydrogens is 398 g/mol. The minimum atomic E-state index is 0.552. The Morgan fingerprint density at radius 2 is 1.50 bits per heavy atom. The third kappa shape index (κ3) is 4.11. The maximum absolute atomic E-state index is 5.44. The molecule has 0 aliphatic rings. The number of nitrogens with zero attached hydrogens (tertiary/aromatic N) is 3. The molecule has 158 valence electrons. The van der Waals surface area contributed by atoms with Gasteiger partial charge in [-0.1, -0.05) is 6.07 Å². The number of aromatic nitrogens is 1.